The fourth-order valence-corrected chi connectivity index (χ4v) is 2.73. The standard InChI is InChI=1S/C18H26N2O3/c1-3-4-5-8-14(2)19-17(21)11-12-20-15-9-6-7-10-16(15)23-13-18(20)22/h6-7,9-10,14H,3-5,8,11-13H2,1-2H3,(H,19,21). The van der Waals surface area contributed by atoms with Gasteiger partial charge >= 0.3 is 0 Å². The van der Waals surface area contributed by atoms with Gasteiger partial charge in [-0.2, -0.15) is 0 Å². The summed E-state index contributed by atoms with van der Waals surface area (Å²) in [5.74, 6) is 0.582. The molecule has 1 atom stereocenters. The summed E-state index contributed by atoms with van der Waals surface area (Å²) in [6.45, 7) is 4.61. The molecular formula is C18H26N2O3. The van der Waals surface area contributed by atoms with E-state index in [1.54, 1.807) is 4.90 Å². The van der Waals surface area contributed by atoms with Crippen molar-refractivity contribution < 1.29 is 14.3 Å². The van der Waals surface area contributed by atoms with Crippen LogP contribution in [-0.2, 0) is 9.59 Å². The largest absolute Gasteiger partial charge is 0.482 e. The van der Waals surface area contributed by atoms with Crippen LogP contribution in [0.25, 0.3) is 0 Å². The summed E-state index contributed by atoms with van der Waals surface area (Å²) >= 11 is 0. The van der Waals surface area contributed by atoms with Crippen molar-refractivity contribution in [2.75, 3.05) is 18.1 Å². The van der Waals surface area contributed by atoms with E-state index in [9.17, 15) is 9.59 Å². The third-order valence-corrected chi connectivity index (χ3v) is 4.02. The van der Waals surface area contributed by atoms with Crippen molar-refractivity contribution in [1.82, 2.24) is 5.32 Å². The molecule has 0 spiro atoms. The van der Waals surface area contributed by atoms with E-state index >= 15 is 0 Å². The first kappa shape index (κ1) is 17.3. The molecular weight excluding hydrogens is 292 g/mol. The highest BCUT2D eigenvalue weighted by atomic mass is 16.5. The topological polar surface area (TPSA) is 58.6 Å². The quantitative estimate of drug-likeness (QED) is 0.750. The molecule has 2 amide bonds. The van der Waals surface area contributed by atoms with Crippen LogP contribution >= 0.6 is 0 Å². The summed E-state index contributed by atoms with van der Waals surface area (Å²) in [7, 11) is 0. The molecule has 2 rings (SSSR count). The monoisotopic (exact) mass is 318 g/mol. The van der Waals surface area contributed by atoms with Gasteiger partial charge in [0.25, 0.3) is 5.91 Å². The van der Waals surface area contributed by atoms with E-state index in [0.717, 1.165) is 18.5 Å². The Hall–Kier alpha value is -2.04. The van der Waals surface area contributed by atoms with E-state index in [1.165, 1.54) is 12.8 Å². The number of benzene rings is 1. The molecule has 1 heterocycles. The van der Waals surface area contributed by atoms with E-state index in [2.05, 4.69) is 12.2 Å². The molecule has 126 valence electrons. The van der Waals surface area contributed by atoms with Crippen LogP contribution in [0.5, 0.6) is 5.75 Å². The average molecular weight is 318 g/mol. The maximum Gasteiger partial charge on any atom is 0.265 e. The molecule has 1 N–H and O–H groups in total. The third-order valence-electron chi connectivity index (χ3n) is 4.02. The van der Waals surface area contributed by atoms with Gasteiger partial charge in [-0.15, -0.1) is 0 Å². The van der Waals surface area contributed by atoms with Gasteiger partial charge in [0.15, 0.2) is 6.61 Å². The predicted octanol–water partition coefficient (Wildman–Crippen LogP) is 2.89. The van der Waals surface area contributed by atoms with Gasteiger partial charge in [-0.25, -0.2) is 0 Å². The number of carbonyl (C=O) groups excluding carboxylic acids is 2. The molecule has 23 heavy (non-hydrogen) atoms. The molecule has 1 aliphatic heterocycles. The Bertz CT molecular complexity index is 545. The SMILES string of the molecule is CCCCCC(C)NC(=O)CCN1C(=O)COc2ccccc21. The number of para-hydroxylation sites is 2. The smallest absolute Gasteiger partial charge is 0.265 e. The number of nitrogens with zero attached hydrogens (tertiary/aromatic N) is 1. The maximum atomic E-state index is 12.1. The van der Waals surface area contributed by atoms with Crippen LogP contribution in [0.4, 0.5) is 5.69 Å². The van der Waals surface area contributed by atoms with Crippen molar-refractivity contribution >= 4 is 17.5 Å². The molecule has 0 radical (unpaired) electrons. The van der Waals surface area contributed by atoms with E-state index in [1.807, 2.05) is 31.2 Å². The Morgan fingerprint density at radius 1 is 1.35 bits per heavy atom. The van der Waals surface area contributed by atoms with E-state index in [-0.39, 0.29) is 24.5 Å². The van der Waals surface area contributed by atoms with E-state index in [4.69, 9.17) is 4.74 Å². The van der Waals surface area contributed by atoms with Gasteiger partial charge in [0.1, 0.15) is 5.75 Å². The van der Waals surface area contributed by atoms with Crippen molar-refractivity contribution in [1.29, 1.82) is 0 Å². The number of anilines is 1. The van der Waals surface area contributed by atoms with Gasteiger partial charge in [0.2, 0.25) is 5.91 Å². The fourth-order valence-electron chi connectivity index (χ4n) is 2.73. The van der Waals surface area contributed by atoms with Crippen LogP contribution in [-0.4, -0.2) is 31.0 Å². The van der Waals surface area contributed by atoms with Crippen LogP contribution in [0.1, 0.15) is 46.0 Å². The lowest BCUT2D eigenvalue weighted by atomic mass is 10.1. The van der Waals surface area contributed by atoms with Gasteiger partial charge in [-0.1, -0.05) is 38.3 Å². The second-order valence-electron chi connectivity index (χ2n) is 6.02. The zero-order valence-electron chi connectivity index (χ0n) is 14.0. The van der Waals surface area contributed by atoms with Gasteiger partial charge in [-0.05, 0) is 25.5 Å². The highest BCUT2D eigenvalue weighted by Crippen LogP contribution is 2.31. The van der Waals surface area contributed by atoms with Gasteiger partial charge in [0.05, 0.1) is 5.69 Å². The van der Waals surface area contributed by atoms with E-state index in [0.29, 0.717) is 18.7 Å². The third kappa shape index (κ3) is 4.98. The number of hydrogen-bond acceptors (Lipinski definition) is 3. The Labute approximate surface area is 138 Å². The number of rotatable bonds is 8. The number of carbonyl (C=O) groups is 2. The molecule has 0 fully saturated rings. The number of nitrogens with one attached hydrogen (secondary N) is 1. The highest BCUT2D eigenvalue weighted by molar-refractivity contribution is 5.98. The molecule has 1 aromatic rings. The minimum Gasteiger partial charge on any atom is -0.482 e. The number of hydrogen-bond donors (Lipinski definition) is 1. The molecule has 0 saturated carbocycles. The molecule has 0 bridgehead atoms. The zero-order chi connectivity index (χ0) is 16.7. The number of fused-ring (bicyclic) bond motifs is 1. The lowest BCUT2D eigenvalue weighted by molar-refractivity contribution is -0.122. The Morgan fingerprint density at radius 3 is 2.91 bits per heavy atom. The summed E-state index contributed by atoms with van der Waals surface area (Å²) in [6, 6.07) is 7.60. The second-order valence-corrected chi connectivity index (χ2v) is 6.02. The summed E-state index contributed by atoms with van der Waals surface area (Å²) in [5, 5.41) is 3.01. The lowest BCUT2D eigenvalue weighted by Crippen LogP contribution is -2.42. The zero-order valence-corrected chi connectivity index (χ0v) is 14.0. The maximum absolute atomic E-state index is 12.1. The first-order chi connectivity index (χ1) is 11.1. The number of ether oxygens (including phenoxy) is 1. The van der Waals surface area contributed by atoms with Crippen molar-refractivity contribution in [3.05, 3.63) is 24.3 Å². The van der Waals surface area contributed by atoms with Crippen LogP contribution < -0.4 is 15.0 Å². The molecule has 1 aromatic carbocycles. The lowest BCUT2D eigenvalue weighted by Gasteiger charge is -2.29. The minimum atomic E-state index is -0.104. The van der Waals surface area contributed by atoms with Crippen LogP contribution in [0.15, 0.2) is 24.3 Å². The molecule has 1 aliphatic rings. The summed E-state index contributed by atoms with van der Waals surface area (Å²) in [5.41, 5.74) is 0.743. The summed E-state index contributed by atoms with van der Waals surface area (Å²) in [6.07, 6.45) is 4.81. The van der Waals surface area contributed by atoms with Crippen molar-refractivity contribution in [3.8, 4) is 5.75 Å². The minimum absolute atomic E-state index is 0.00854. The Balaban J connectivity index is 1.83. The average Bonchev–Trinajstić information content (AvgIpc) is 2.54. The van der Waals surface area contributed by atoms with Crippen molar-refractivity contribution in [2.45, 2.75) is 52.0 Å². The molecule has 5 heteroatoms. The second kappa shape index (κ2) is 8.56. The first-order valence-electron chi connectivity index (χ1n) is 8.43. The molecule has 1 unspecified atom stereocenters. The Morgan fingerprint density at radius 2 is 2.13 bits per heavy atom. The van der Waals surface area contributed by atoms with Crippen LogP contribution in [0.2, 0.25) is 0 Å². The molecule has 5 nitrogen and oxygen atoms in total. The summed E-state index contributed by atoms with van der Waals surface area (Å²) in [4.78, 5) is 25.7. The van der Waals surface area contributed by atoms with Gasteiger partial charge in [0, 0.05) is 19.0 Å². The highest BCUT2D eigenvalue weighted by Gasteiger charge is 2.25. The normalized spacial score (nSPS) is 14.9. The molecule has 0 aromatic heterocycles. The number of unbranched alkanes of at least 4 members (excludes halogenated alkanes) is 2. The fraction of sp³-hybridized carbons (Fsp3) is 0.556. The first-order valence-corrected chi connectivity index (χ1v) is 8.43. The van der Waals surface area contributed by atoms with Crippen LogP contribution in [0, 0.1) is 0 Å². The Kier molecular flexibility index (Phi) is 6.44. The van der Waals surface area contributed by atoms with Crippen molar-refractivity contribution in [2.24, 2.45) is 0 Å². The number of amides is 2. The summed E-state index contributed by atoms with van der Waals surface area (Å²) < 4.78 is 5.40. The van der Waals surface area contributed by atoms with E-state index < -0.39 is 0 Å². The molecule has 0 saturated heterocycles. The molecule has 0 aliphatic carbocycles. The van der Waals surface area contributed by atoms with Crippen molar-refractivity contribution in [3.63, 3.8) is 0 Å². The van der Waals surface area contributed by atoms with Gasteiger partial charge < -0.3 is 15.0 Å². The predicted molar refractivity (Wildman–Crippen MR) is 90.7 cm³/mol. The van der Waals surface area contributed by atoms with Gasteiger partial charge in [-0.3, -0.25) is 9.59 Å². The van der Waals surface area contributed by atoms with Crippen LogP contribution in [0.3, 0.4) is 0 Å².